The highest BCUT2D eigenvalue weighted by atomic mass is 16.6. The van der Waals surface area contributed by atoms with Crippen LogP contribution < -0.4 is 5.32 Å². The summed E-state index contributed by atoms with van der Waals surface area (Å²) < 4.78 is 0. The Kier molecular flexibility index (Phi) is 4.34. The van der Waals surface area contributed by atoms with Gasteiger partial charge in [0.1, 0.15) is 0 Å². The van der Waals surface area contributed by atoms with Crippen LogP contribution in [0.2, 0.25) is 0 Å². The van der Waals surface area contributed by atoms with Crippen molar-refractivity contribution < 1.29 is 9.72 Å². The highest BCUT2D eigenvalue weighted by Gasteiger charge is 2.38. The molecule has 0 spiro atoms. The molecule has 0 bridgehead atoms. The van der Waals surface area contributed by atoms with Gasteiger partial charge >= 0.3 is 0 Å². The zero-order chi connectivity index (χ0) is 20.0. The molecule has 3 atom stereocenters. The molecular weight excluding hydrogens is 366 g/mol. The van der Waals surface area contributed by atoms with Crippen LogP contribution in [0, 0.1) is 16.0 Å². The summed E-state index contributed by atoms with van der Waals surface area (Å²) >= 11 is 0. The Bertz CT molecular complexity index is 993. The molecule has 2 aliphatic heterocycles. The second-order valence-electron chi connectivity index (χ2n) is 8.13. The molecule has 2 aromatic carbocycles. The molecule has 2 aromatic rings. The van der Waals surface area contributed by atoms with Crippen LogP contribution in [0.5, 0.6) is 0 Å². The smallest absolute Gasteiger partial charge is 0.269 e. The first-order valence-corrected chi connectivity index (χ1v) is 10.2. The molecule has 3 aliphatic rings. The van der Waals surface area contributed by atoms with E-state index in [4.69, 9.17) is 0 Å². The second kappa shape index (κ2) is 7.03. The number of nitro groups is 1. The number of nitro benzene ring substituents is 1. The van der Waals surface area contributed by atoms with E-state index in [2.05, 4.69) is 23.5 Å². The van der Waals surface area contributed by atoms with Crippen LogP contribution in [-0.2, 0) is 0 Å². The number of nitrogens with zero attached hydrogens (tertiary/aromatic N) is 2. The number of carbonyl (C=O) groups excluding carboxylic acids is 1. The molecule has 0 unspecified atom stereocenters. The summed E-state index contributed by atoms with van der Waals surface area (Å²) in [6.45, 7) is 1.70. The van der Waals surface area contributed by atoms with E-state index in [1.54, 1.807) is 12.1 Å². The maximum Gasteiger partial charge on any atom is 0.269 e. The molecule has 148 valence electrons. The van der Waals surface area contributed by atoms with Gasteiger partial charge in [-0.15, -0.1) is 0 Å². The van der Waals surface area contributed by atoms with E-state index >= 15 is 0 Å². The summed E-state index contributed by atoms with van der Waals surface area (Å²) in [4.78, 5) is 25.4. The van der Waals surface area contributed by atoms with E-state index in [-0.39, 0.29) is 28.5 Å². The maximum absolute atomic E-state index is 12.8. The molecule has 1 saturated heterocycles. The molecule has 1 N–H and O–H groups in total. The third-order valence-electron chi connectivity index (χ3n) is 6.47. The van der Waals surface area contributed by atoms with E-state index in [9.17, 15) is 14.9 Å². The average molecular weight is 389 g/mol. The van der Waals surface area contributed by atoms with Gasteiger partial charge in [0.05, 0.1) is 11.0 Å². The zero-order valence-corrected chi connectivity index (χ0v) is 16.1. The van der Waals surface area contributed by atoms with E-state index in [0.29, 0.717) is 5.92 Å². The number of amides is 1. The summed E-state index contributed by atoms with van der Waals surface area (Å²) in [5.41, 5.74) is 4.14. The number of fused-ring (bicyclic) bond motifs is 3. The van der Waals surface area contributed by atoms with Crippen molar-refractivity contribution in [1.29, 1.82) is 0 Å². The molecule has 29 heavy (non-hydrogen) atoms. The quantitative estimate of drug-likeness (QED) is 0.471. The molecule has 1 amide bonds. The Morgan fingerprint density at radius 3 is 2.59 bits per heavy atom. The van der Waals surface area contributed by atoms with Crippen LogP contribution >= 0.6 is 0 Å². The third-order valence-corrected chi connectivity index (χ3v) is 6.47. The Hall–Kier alpha value is -3.15. The minimum Gasteiger partial charge on any atom is -0.378 e. The normalized spacial score (nSPS) is 24.7. The van der Waals surface area contributed by atoms with Gasteiger partial charge in [0.15, 0.2) is 0 Å². The molecule has 1 aliphatic carbocycles. The SMILES string of the molecule is O=C(c1ccc2c(c1)[C@@H]1C=CC[C@@H]1[C@@H](c1ccc([N+](=O)[O-])cc1)N2)N1CCCC1. The van der Waals surface area contributed by atoms with E-state index in [1.807, 2.05) is 29.2 Å². The van der Waals surface area contributed by atoms with Gasteiger partial charge in [-0.3, -0.25) is 14.9 Å². The third kappa shape index (κ3) is 3.09. The molecule has 2 heterocycles. The van der Waals surface area contributed by atoms with Gasteiger partial charge in [-0.1, -0.05) is 24.3 Å². The van der Waals surface area contributed by atoms with Crippen molar-refractivity contribution in [2.45, 2.75) is 31.2 Å². The zero-order valence-electron chi connectivity index (χ0n) is 16.1. The van der Waals surface area contributed by atoms with Crippen LogP contribution in [0.25, 0.3) is 0 Å². The molecule has 5 rings (SSSR count). The second-order valence-corrected chi connectivity index (χ2v) is 8.13. The summed E-state index contributed by atoms with van der Waals surface area (Å²) in [6.07, 6.45) is 7.57. The molecule has 0 saturated carbocycles. The Morgan fingerprint density at radius 2 is 1.86 bits per heavy atom. The largest absolute Gasteiger partial charge is 0.378 e. The number of hydrogen-bond acceptors (Lipinski definition) is 4. The molecule has 6 heteroatoms. The lowest BCUT2D eigenvalue weighted by molar-refractivity contribution is -0.384. The summed E-state index contributed by atoms with van der Waals surface area (Å²) in [5, 5.41) is 14.6. The molecule has 1 fully saturated rings. The van der Waals surface area contributed by atoms with Crippen molar-refractivity contribution in [3.8, 4) is 0 Å². The number of hydrogen-bond donors (Lipinski definition) is 1. The maximum atomic E-state index is 12.8. The topological polar surface area (TPSA) is 75.5 Å². The molecular formula is C23H23N3O3. The number of likely N-dealkylation sites (tertiary alicyclic amines) is 1. The van der Waals surface area contributed by atoms with E-state index < -0.39 is 0 Å². The van der Waals surface area contributed by atoms with Crippen LogP contribution in [0.4, 0.5) is 11.4 Å². The molecule has 6 nitrogen and oxygen atoms in total. The number of rotatable bonds is 3. The highest BCUT2D eigenvalue weighted by molar-refractivity contribution is 5.95. The van der Waals surface area contributed by atoms with Gasteiger partial charge in [0.2, 0.25) is 0 Å². The number of anilines is 1. The van der Waals surface area contributed by atoms with Crippen LogP contribution in [0.15, 0.2) is 54.6 Å². The summed E-state index contributed by atoms with van der Waals surface area (Å²) in [6, 6.07) is 12.9. The number of non-ortho nitro benzene ring substituents is 1. The van der Waals surface area contributed by atoms with Crippen LogP contribution in [0.1, 0.15) is 52.7 Å². The predicted octanol–water partition coefficient (Wildman–Crippen LogP) is 4.66. The highest BCUT2D eigenvalue weighted by Crippen LogP contribution is 2.50. The van der Waals surface area contributed by atoms with Gasteiger partial charge in [0, 0.05) is 42.4 Å². The number of allylic oxidation sites excluding steroid dienone is 2. The standard InChI is InChI=1S/C23H23N3O3/c27-23(25-12-1-2-13-25)16-8-11-21-20(14-16)18-4-3-5-19(18)22(24-21)15-6-9-17(10-7-15)26(28)29/h3-4,6-11,14,18-19,22,24H,1-2,5,12-13H2/t18-,19+,22-/m1/s1. The van der Waals surface area contributed by atoms with Crippen molar-refractivity contribution in [2.75, 3.05) is 18.4 Å². The molecule has 0 aromatic heterocycles. The first-order chi connectivity index (χ1) is 14.1. The summed E-state index contributed by atoms with van der Waals surface area (Å²) in [7, 11) is 0. The molecule has 0 radical (unpaired) electrons. The minimum atomic E-state index is -0.369. The predicted molar refractivity (Wildman–Crippen MR) is 111 cm³/mol. The fraction of sp³-hybridized carbons (Fsp3) is 0.348. The minimum absolute atomic E-state index is 0.0865. The van der Waals surface area contributed by atoms with Gasteiger partial charge in [-0.05, 0) is 54.5 Å². The van der Waals surface area contributed by atoms with Crippen molar-refractivity contribution in [3.05, 3.63) is 81.4 Å². The fourth-order valence-electron chi connectivity index (χ4n) is 4.96. The lowest BCUT2D eigenvalue weighted by Gasteiger charge is -2.37. The van der Waals surface area contributed by atoms with Crippen molar-refractivity contribution in [3.63, 3.8) is 0 Å². The Morgan fingerprint density at radius 1 is 1.10 bits per heavy atom. The number of nitrogens with one attached hydrogen (secondary N) is 1. The van der Waals surface area contributed by atoms with Gasteiger partial charge < -0.3 is 10.2 Å². The van der Waals surface area contributed by atoms with Gasteiger partial charge in [-0.2, -0.15) is 0 Å². The number of carbonyl (C=O) groups is 1. The fourth-order valence-corrected chi connectivity index (χ4v) is 4.96. The van der Waals surface area contributed by atoms with E-state index in [0.717, 1.165) is 49.2 Å². The van der Waals surface area contributed by atoms with Gasteiger partial charge in [-0.25, -0.2) is 0 Å². The number of benzene rings is 2. The van der Waals surface area contributed by atoms with Gasteiger partial charge in [0.25, 0.3) is 11.6 Å². The van der Waals surface area contributed by atoms with Crippen molar-refractivity contribution in [2.24, 2.45) is 5.92 Å². The Labute approximate surface area is 169 Å². The lowest BCUT2D eigenvalue weighted by atomic mass is 9.76. The average Bonchev–Trinajstić information content (AvgIpc) is 3.44. The van der Waals surface area contributed by atoms with Crippen LogP contribution in [-0.4, -0.2) is 28.8 Å². The first kappa shape index (κ1) is 17.9. The van der Waals surface area contributed by atoms with Crippen molar-refractivity contribution >= 4 is 17.3 Å². The monoisotopic (exact) mass is 389 g/mol. The summed E-state index contributed by atoms with van der Waals surface area (Å²) in [5.74, 6) is 0.709. The van der Waals surface area contributed by atoms with Crippen molar-refractivity contribution in [1.82, 2.24) is 4.90 Å². The lowest BCUT2D eigenvalue weighted by Crippen LogP contribution is -2.30. The first-order valence-electron chi connectivity index (χ1n) is 10.2. The van der Waals surface area contributed by atoms with E-state index in [1.165, 1.54) is 5.56 Å². The Balaban J connectivity index is 1.46. The van der Waals surface area contributed by atoms with Crippen LogP contribution in [0.3, 0.4) is 0 Å².